The first-order valence-electron chi connectivity index (χ1n) is 5.70. The maximum atomic E-state index is 5.97. The monoisotopic (exact) mass is 377 g/mol. The Kier molecular flexibility index (Phi) is 4.95. The smallest absolute Gasteiger partial charge is 0.0630 e. The molecule has 92 valence electrons. The predicted octanol–water partition coefficient (Wildman–Crippen LogP) is 5.63. The van der Waals surface area contributed by atoms with E-state index in [4.69, 9.17) is 11.6 Å². The first-order valence-corrected chi connectivity index (χ1v) is 7.66. The molecule has 1 aromatic rings. The molecule has 1 unspecified atom stereocenters. The predicted molar refractivity (Wildman–Crippen MR) is 81.8 cm³/mol. The summed E-state index contributed by atoms with van der Waals surface area (Å²) in [5, 5.41) is 4.22. The highest BCUT2D eigenvalue weighted by Crippen LogP contribution is 2.34. The van der Waals surface area contributed by atoms with Crippen molar-refractivity contribution in [1.82, 2.24) is 0 Å². The van der Waals surface area contributed by atoms with Crippen LogP contribution in [0.25, 0.3) is 0 Å². The molecule has 0 heterocycles. The molecule has 1 nitrogen and oxygen atoms in total. The van der Waals surface area contributed by atoms with Crippen molar-refractivity contribution < 1.29 is 0 Å². The van der Waals surface area contributed by atoms with Gasteiger partial charge in [-0.05, 0) is 69.2 Å². The molecule has 17 heavy (non-hydrogen) atoms. The summed E-state index contributed by atoms with van der Waals surface area (Å²) < 4.78 is 2.01. The zero-order chi connectivity index (χ0) is 12.3. The molecule has 0 amide bonds. The summed E-state index contributed by atoms with van der Waals surface area (Å²) in [5.41, 5.74) is 1.09. The molecule has 1 aliphatic carbocycles. The third-order valence-electron chi connectivity index (χ3n) is 2.95. The average molecular weight is 380 g/mol. The molecule has 0 aliphatic heterocycles. The van der Waals surface area contributed by atoms with Crippen LogP contribution in [0.1, 0.15) is 19.3 Å². The van der Waals surface area contributed by atoms with Crippen molar-refractivity contribution in [2.24, 2.45) is 5.92 Å². The van der Waals surface area contributed by atoms with Crippen LogP contribution in [0.2, 0.25) is 5.02 Å². The second-order valence-electron chi connectivity index (χ2n) is 4.28. The zero-order valence-corrected chi connectivity index (χ0v) is 13.3. The van der Waals surface area contributed by atoms with Gasteiger partial charge in [0.1, 0.15) is 0 Å². The van der Waals surface area contributed by atoms with Gasteiger partial charge in [0.05, 0.1) is 5.69 Å². The summed E-state index contributed by atoms with van der Waals surface area (Å²) in [5.74, 6) is 0.731. The van der Waals surface area contributed by atoms with E-state index in [0.29, 0.717) is 0 Å². The fourth-order valence-corrected chi connectivity index (χ4v) is 3.95. The number of rotatable bonds is 3. The first kappa shape index (κ1) is 13.4. The molecule has 1 aromatic carbocycles. The Morgan fingerprint density at radius 3 is 2.53 bits per heavy atom. The van der Waals surface area contributed by atoms with E-state index in [2.05, 4.69) is 49.3 Å². The largest absolute Gasteiger partial charge is 0.383 e. The van der Waals surface area contributed by atoms with Gasteiger partial charge in [0, 0.05) is 20.5 Å². The van der Waals surface area contributed by atoms with Crippen molar-refractivity contribution in [3.8, 4) is 0 Å². The fraction of sp³-hybridized carbons (Fsp3) is 0.385. The van der Waals surface area contributed by atoms with Crippen LogP contribution >= 0.6 is 43.5 Å². The topological polar surface area (TPSA) is 12.0 Å². The molecule has 0 radical (unpaired) electrons. The van der Waals surface area contributed by atoms with E-state index < -0.39 is 0 Å². The van der Waals surface area contributed by atoms with E-state index >= 15 is 0 Å². The summed E-state index contributed by atoms with van der Waals surface area (Å²) in [7, 11) is 0. The van der Waals surface area contributed by atoms with Gasteiger partial charge < -0.3 is 5.32 Å². The van der Waals surface area contributed by atoms with Gasteiger partial charge in [-0.2, -0.15) is 0 Å². The van der Waals surface area contributed by atoms with Crippen molar-refractivity contribution in [2.45, 2.75) is 19.3 Å². The molecule has 0 bridgehead atoms. The van der Waals surface area contributed by atoms with Crippen LogP contribution in [-0.2, 0) is 0 Å². The Morgan fingerprint density at radius 1 is 1.24 bits per heavy atom. The van der Waals surface area contributed by atoms with Crippen molar-refractivity contribution >= 4 is 49.1 Å². The Balaban J connectivity index is 2.01. The molecule has 0 saturated carbocycles. The Bertz CT molecular complexity index is 408. The average Bonchev–Trinajstić information content (AvgIpc) is 2.29. The summed E-state index contributed by atoms with van der Waals surface area (Å²) in [6, 6.07) is 3.82. The van der Waals surface area contributed by atoms with Gasteiger partial charge >= 0.3 is 0 Å². The second kappa shape index (κ2) is 6.26. The number of hydrogen-bond donors (Lipinski definition) is 1. The Morgan fingerprint density at radius 2 is 1.94 bits per heavy atom. The van der Waals surface area contributed by atoms with Crippen LogP contribution < -0.4 is 5.32 Å². The van der Waals surface area contributed by atoms with E-state index in [9.17, 15) is 0 Å². The summed E-state index contributed by atoms with van der Waals surface area (Å²) in [6.07, 6.45) is 8.20. The van der Waals surface area contributed by atoms with Crippen LogP contribution in [-0.4, -0.2) is 6.54 Å². The summed E-state index contributed by atoms with van der Waals surface area (Å²) >= 11 is 13.0. The molecular formula is C13H14Br2ClN. The number of benzene rings is 1. The van der Waals surface area contributed by atoms with Gasteiger partial charge in [0.15, 0.2) is 0 Å². The molecule has 0 fully saturated rings. The molecular weight excluding hydrogens is 365 g/mol. The lowest BCUT2D eigenvalue weighted by Crippen LogP contribution is -2.15. The molecule has 0 saturated heterocycles. The second-order valence-corrected chi connectivity index (χ2v) is 6.42. The van der Waals surface area contributed by atoms with Crippen LogP contribution in [0.3, 0.4) is 0 Å². The van der Waals surface area contributed by atoms with Gasteiger partial charge in [-0.1, -0.05) is 23.8 Å². The van der Waals surface area contributed by atoms with Crippen molar-refractivity contribution in [3.05, 3.63) is 38.3 Å². The summed E-state index contributed by atoms with van der Waals surface area (Å²) in [6.45, 7) is 1.00. The number of nitrogens with one attached hydrogen (secondary N) is 1. The third-order valence-corrected chi connectivity index (χ3v) is 4.42. The van der Waals surface area contributed by atoms with Crippen molar-refractivity contribution in [3.63, 3.8) is 0 Å². The highest BCUT2D eigenvalue weighted by Gasteiger charge is 2.12. The molecule has 4 heteroatoms. The highest BCUT2D eigenvalue weighted by molar-refractivity contribution is 9.11. The zero-order valence-electron chi connectivity index (χ0n) is 9.35. The quantitative estimate of drug-likeness (QED) is 0.671. The lowest BCUT2D eigenvalue weighted by atomic mass is 9.94. The Labute approximate surface area is 124 Å². The third kappa shape index (κ3) is 3.73. The van der Waals surface area contributed by atoms with E-state index in [1.807, 2.05) is 12.1 Å². The van der Waals surface area contributed by atoms with Gasteiger partial charge in [-0.3, -0.25) is 0 Å². The van der Waals surface area contributed by atoms with Crippen molar-refractivity contribution in [2.75, 3.05) is 11.9 Å². The minimum absolute atomic E-state index is 0.731. The van der Waals surface area contributed by atoms with Gasteiger partial charge in [0.2, 0.25) is 0 Å². The molecule has 0 aromatic heterocycles. The van der Waals surface area contributed by atoms with Crippen LogP contribution in [0.5, 0.6) is 0 Å². The van der Waals surface area contributed by atoms with Crippen molar-refractivity contribution in [1.29, 1.82) is 0 Å². The minimum Gasteiger partial charge on any atom is -0.383 e. The molecule has 1 aliphatic rings. The lowest BCUT2D eigenvalue weighted by molar-refractivity contribution is 0.504. The SMILES string of the molecule is Clc1cc(Br)c(NCC2CC=CCC2)c(Br)c1. The molecule has 0 spiro atoms. The van der Waals surface area contributed by atoms with Crippen LogP contribution in [0.4, 0.5) is 5.69 Å². The summed E-state index contributed by atoms with van der Waals surface area (Å²) in [4.78, 5) is 0. The van der Waals surface area contributed by atoms with Gasteiger partial charge in [-0.15, -0.1) is 0 Å². The molecule has 1 N–H and O–H groups in total. The number of hydrogen-bond acceptors (Lipinski definition) is 1. The molecule has 2 rings (SSSR count). The van der Waals surface area contributed by atoms with Crippen LogP contribution in [0.15, 0.2) is 33.2 Å². The number of halogens is 3. The Hall–Kier alpha value is 0.01000. The minimum atomic E-state index is 0.731. The van der Waals surface area contributed by atoms with E-state index in [1.54, 1.807) is 0 Å². The fourth-order valence-electron chi connectivity index (χ4n) is 2.00. The van der Waals surface area contributed by atoms with E-state index in [1.165, 1.54) is 19.3 Å². The standard InChI is InChI=1S/C13H14Br2ClN/c14-11-6-10(16)7-12(15)13(11)17-8-9-4-2-1-3-5-9/h1-2,6-7,9,17H,3-5,8H2. The molecule has 1 atom stereocenters. The van der Waals surface area contributed by atoms with Gasteiger partial charge in [0.25, 0.3) is 0 Å². The number of allylic oxidation sites excluding steroid dienone is 2. The maximum absolute atomic E-state index is 5.97. The lowest BCUT2D eigenvalue weighted by Gasteiger charge is -2.20. The first-order chi connectivity index (χ1) is 8.16. The maximum Gasteiger partial charge on any atom is 0.0630 e. The van der Waals surface area contributed by atoms with Gasteiger partial charge in [-0.25, -0.2) is 0 Å². The highest BCUT2D eigenvalue weighted by atomic mass is 79.9. The van der Waals surface area contributed by atoms with E-state index in [-0.39, 0.29) is 0 Å². The van der Waals surface area contributed by atoms with E-state index in [0.717, 1.165) is 32.1 Å². The number of anilines is 1. The van der Waals surface area contributed by atoms with Crippen LogP contribution in [0, 0.1) is 5.92 Å². The normalized spacial score (nSPS) is 19.4.